The Labute approximate surface area is 136 Å². The van der Waals surface area contributed by atoms with Crippen LogP contribution in [0.3, 0.4) is 0 Å². The maximum absolute atomic E-state index is 14.0. The van der Waals surface area contributed by atoms with E-state index in [9.17, 15) is 13.6 Å². The molecule has 0 bridgehead atoms. The molecule has 116 valence electrons. The molecule has 4 heteroatoms. The van der Waals surface area contributed by atoms with Gasteiger partial charge in [0.05, 0.1) is 11.1 Å². The van der Waals surface area contributed by atoms with Crippen LogP contribution in [-0.2, 0) is 0 Å². The van der Waals surface area contributed by atoms with Crippen LogP contribution in [0.15, 0.2) is 66.7 Å². The number of fused-ring (bicyclic) bond motifs is 3. The molecule has 0 amide bonds. The first-order chi connectivity index (χ1) is 11.6. The highest BCUT2D eigenvalue weighted by Gasteiger charge is 2.19. The number of hydrogen-bond donors (Lipinski definition) is 0. The quantitative estimate of drug-likeness (QED) is 0.389. The van der Waals surface area contributed by atoms with Crippen molar-refractivity contribution in [2.45, 2.75) is 0 Å². The van der Waals surface area contributed by atoms with E-state index < -0.39 is 17.4 Å². The van der Waals surface area contributed by atoms with Gasteiger partial charge in [0.2, 0.25) is 5.78 Å². The molecule has 24 heavy (non-hydrogen) atoms. The Hall–Kier alpha value is -3.14. The number of hydrogen-bond acceptors (Lipinski definition) is 2. The van der Waals surface area contributed by atoms with Crippen molar-refractivity contribution in [3.05, 3.63) is 89.6 Å². The number of para-hydroxylation sites is 1. The lowest BCUT2D eigenvalue weighted by molar-refractivity contribution is 0.103. The third-order valence-corrected chi connectivity index (χ3v) is 4.00. The van der Waals surface area contributed by atoms with Crippen LogP contribution in [0, 0.1) is 11.6 Å². The molecule has 2 nitrogen and oxygen atoms in total. The summed E-state index contributed by atoms with van der Waals surface area (Å²) in [7, 11) is 0. The summed E-state index contributed by atoms with van der Waals surface area (Å²) >= 11 is 0. The van der Waals surface area contributed by atoms with Crippen molar-refractivity contribution in [2.75, 3.05) is 0 Å². The summed E-state index contributed by atoms with van der Waals surface area (Å²) in [6, 6.07) is 17.7. The standard InChI is InChI=1S/C20H11F2NO/c21-12-9-10-16(17(22)11-12)20(24)19-15-7-2-1-5-13(15)14-6-3-4-8-18(14)23-19/h1-11H. The van der Waals surface area contributed by atoms with E-state index in [2.05, 4.69) is 4.98 Å². The van der Waals surface area contributed by atoms with Crippen LogP contribution in [0.5, 0.6) is 0 Å². The lowest BCUT2D eigenvalue weighted by atomic mass is 9.99. The molecule has 1 heterocycles. The third-order valence-electron chi connectivity index (χ3n) is 4.00. The van der Waals surface area contributed by atoms with Gasteiger partial charge in [-0.3, -0.25) is 4.79 Å². The average molecular weight is 319 g/mol. The average Bonchev–Trinajstić information content (AvgIpc) is 2.60. The molecule has 0 unspecified atom stereocenters. The van der Waals surface area contributed by atoms with Gasteiger partial charge in [-0.25, -0.2) is 13.8 Å². The van der Waals surface area contributed by atoms with Crippen molar-refractivity contribution in [3.63, 3.8) is 0 Å². The Morgan fingerprint density at radius 2 is 1.46 bits per heavy atom. The van der Waals surface area contributed by atoms with E-state index >= 15 is 0 Å². The fourth-order valence-electron chi connectivity index (χ4n) is 2.88. The summed E-state index contributed by atoms with van der Waals surface area (Å²) in [5, 5.41) is 2.43. The summed E-state index contributed by atoms with van der Waals surface area (Å²) in [6.07, 6.45) is 0. The molecule has 0 saturated carbocycles. The fourth-order valence-corrected chi connectivity index (χ4v) is 2.88. The lowest BCUT2D eigenvalue weighted by Crippen LogP contribution is -2.08. The third kappa shape index (κ3) is 2.24. The van der Waals surface area contributed by atoms with Gasteiger partial charge in [-0.2, -0.15) is 0 Å². The Morgan fingerprint density at radius 3 is 2.21 bits per heavy atom. The number of nitrogens with zero attached hydrogens (tertiary/aromatic N) is 1. The number of halogens is 2. The molecule has 0 aliphatic carbocycles. The van der Waals surface area contributed by atoms with Crippen LogP contribution >= 0.6 is 0 Å². The zero-order chi connectivity index (χ0) is 16.7. The predicted molar refractivity (Wildman–Crippen MR) is 89.0 cm³/mol. The SMILES string of the molecule is O=C(c1ccc(F)cc1F)c1nc2ccccc2c2ccccc12. The van der Waals surface area contributed by atoms with Gasteiger partial charge in [0.15, 0.2) is 0 Å². The first kappa shape index (κ1) is 14.5. The van der Waals surface area contributed by atoms with Gasteiger partial charge >= 0.3 is 0 Å². The van der Waals surface area contributed by atoms with Gasteiger partial charge in [0.25, 0.3) is 0 Å². The van der Waals surface area contributed by atoms with Gasteiger partial charge in [-0.05, 0) is 23.6 Å². The smallest absolute Gasteiger partial charge is 0.214 e. The van der Waals surface area contributed by atoms with Crippen molar-refractivity contribution in [2.24, 2.45) is 0 Å². The number of pyridine rings is 1. The zero-order valence-corrected chi connectivity index (χ0v) is 12.5. The van der Waals surface area contributed by atoms with Crippen LogP contribution < -0.4 is 0 Å². The molecular formula is C20H11F2NO. The van der Waals surface area contributed by atoms with E-state index in [0.29, 0.717) is 17.0 Å². The second-order valence-corrected chi connectivity index (χ2v) is 5.48. The molecule has 0 fully saturated rings. The maximum Gasteiger partial charge on any atom is 0.214 e. The number of carbonyl (C=O) groups is 1. The van der Waals surface area contributed by atoms with E-state index in [0.717, 1.165) is 22.9 Å². The van der Waals surface area contributed by atoms with Crippen LogP contribution in [0.25, 0.3) is 21.7 Å². The molecule has 4 aromatic rings. The molecule has 0 aliphatic rings. The molecule has 0 saturated heterocycles. The molecule has 0 spiro atoms. The fraction of sp³-hybridized carbons (Fsp3) is 0. The molecule has 0 N–H and O–H groups in total. The van der Waals surface area contributed by atoms with Gasteiger partial charge in [0, 0.05) is 16.8 Å². The van der Waals surface area contributed by atoms with Crippen LogP contribution in [0.1, 0.15) is 16.1 Å². The van der Waals surface area contributed by atoms with E-state index in [-0.39, 0.29) is 11.3 Å². The summed E-state index contributed by atoms with van der Waals surface area (Å²) < 4.78 is 27.1. The van der Waals surface area contributed by atoms with Gasteiger partial charge < -0.3 is 0 Å². The van der Waals surface area contributed by atoms with Crippen molar-refractivity contribution in [3.8, 4) is 0 Å². The summed E-state index contributed by atoms with van der Waals surface area (Å²) in [4.78, 5) is 17.2. The van der Waals surface area contributed by atoms with Crippen molar-refractivity contribution in [1.82, 2.24) is 4.98 Å². The molecular weight excluding hydrogens is 308 g/mol. The highest BCUT2D eigenvalue weighted by molar-refractivity contribution is 6.19. The highest BCUT2D eigenvalue weighted by Crippen LogP contribution is 2.28. The maximum atomic E-state index is 14.0. The van der Waals surface area contributed by atoms with Gasteiger partial charge in [-0.15, -0.1) is 0 Å². The summed E-state index contributed by atoms with van der Waals surface area (Å²) in [5.74, 6) is -2.17. The number of carbonyl (C=O) groups excluding carboxylic acids is 1. The summed E-state index contributed by atoms with van der Waals surface area (Å²) in [5.41, 5.74) is 0.626. The molecule has 0 radical (unpaired) electrons. The van der Waals surface area contributed by atoms with Crippen molar-refractivity contribution >= 4 is 27.5 Å². The summed E-state index contributed by atoms with van der Waals surface area (Å²) in [6.45, 7) is 0. The van der Waals surface area contributed by atoms with Crippen LogP contribution in [0.4, 0.5) is 8.78 Å². The van der Waals surface area contributed by atoms with Crippen molar-refractivity contribution < 1.29 is 13.6 Å². The van der Waals surface area contributed by atoms with Gasteiger partial charge in [-0.1, -0.05) is 42.5 Å². The zero-order valence-electron chi connectivity index (χ0n) is 12.5. The first-order valence-electron chi connectivity index (χ1n) is 7.42. The Kier molecular flexibility index (Phi) is 3.31. The van der Waals surface area contributed by atoms with E-state index in [1.807, 2.05) is 30.3 Å². The van der Waals surface area contributed by atoms with Crippen LogP contribution in [-0.4, -0.2) is 10.8 Å². The number of rotatable bonds is 2. The van der Waals surface area contributed by atoms with E-state index in [1.54, 1.807) is 18.2 Å². The molecule has 0 atom stereocenters. The topological polar surface area (TPSA) is 30.0 Å². The normalized spacial score (nSPS) is 11.1. The largest absolute Gasteiger partial charge is 0.287 e. The molecule has 3 aromatic carbocycles. The van der Waals surface area contributed by atoms with Crippen LogP contribution in [0.2, 0.25) is 0 Å². The molecule has 0 aliphatic heterocycles. The highest BCUT2D eigenvalue weighted by atomic mass is 19.1. The number of ketones is 1. The minimum atomic E-state index is -0.890. The van der Waals surface area contributed by atoms with E-state index in [1.165, 1.54) is 0 Å². The lowest BCUT2D eigenvalue weighted by Gasteiger charge is -2.09. The monoisotopic (exact) mass is 319 g/mol. The van der Waals surface area contributed by atoms with Crippen molar-refractivity contribution in [1.29, 1.82) is 0 Å². The second-order valence-electron chi connectivity index (χ2n) is 5.48. The Balaban J connectivity index is 2.03. The Morgan fingerprint density at radius 1 is 0.792 bits per heavy atom. The number of aromatic nitrogens is 1. The minimum absolute atomic E-state index is 0.162. The molecule has 4 rings (SSSR count). The van der Waals surface area contributed by atoms with E-state index in [4.69, 9.17) is 0 Å². The first-order valence-corrected chi connectivity index (χ1v) is 7.42. The van der Waals surface area contributed by atoms with Gasteiger partial charge in [0.1, 0.15) is 17.3 Å². The number of benzene rings is 3. The second kappa shape index (κ2) is 5.49. The molecule has 1 aromatic heterocycles. The minimum Gasteiger partial charge on any atom is -0.287 e. The predicted octanol–water partition coefficient (Wildman–Crippen LogP) is 4.90. The Bertz CT molecular complexity index is 1110.